The van der Waals surface area contributed by atoms with Crippen molar-refractivity contribution < 1.29 is 9.53 Å². The minimum atomic E-state index is -0.243. The van der Waals surface area contributed by atoms with Crippen molar-refractivity contribution in [2.24, 2.45) is 16.7 Å². The van der Waals surface area contributed by atoms with E-state index in [1.165, 1.54) is 12.7 Å². The summed E-state index contributed by atoms with van der Waals surface area (Å²) in [7, 11) is 1.54. The Hall–Kier alpha value is -1.43. The van der Waals surface area contributed by atoms with Gasteiger partial charge in [-0.25, -0.2) is 0 Å². The zero-order valence-electron chi connectivity index (χ0n) is 17.7. The topological polar surface area (TPSA) is 36.0 Å². The highest BCUT2D eigenvalue weighted by Gasteiger charge is 2.67. The summed E-state index contributed by atoms with van der Waals surface area (Å²) in [5.74, 6) is 0.448. The minimum absolute atomic E-state index is 0.00820. The Balaban J connectivity index is 1.23. The molecule has 0 N–H and O–H groups in total. The molecule has 1 aliphatic carbocycles. The molecule has 4 rings (SSSR count). The third-order valence-corrected chi connectivity index (χ3v) is 7.37. The van der Waals surface area contributed by atoms with E-state index in [2.05, 4.69) is 58.9 Å². The zero-order chi connectivity index (χ0) is 19.8. The first-order valence-corrected chi connectivity index (χ1v) is 10.7. The van der Waals surface area contributed by atoms with E-state index in [4.69, 9.17) is 4.74 Å². The van der Waals surface area contributed by atoms with Gasteiger partial charge in [0.2, 0.25) is 0 Å². The van der Waals surface area contributed by atoms with Crippen LogP contribution in [0.3, 0.4) is 0 Å². The largest absolute Gasteiger partial charge is 0.469 e. The Bertz CT molecular complexity index is 684. The van der Waals surface area contributed by atoms with E-state index in [-0.39, 0.29) is 16.8 Å². The number of hydrogen-bond acceptors (Lipinski definition) is 5. The van der Waals surface area contributed by atoms with E-state index in [1.807, 2.05) is 0 Å². The number of likely N-dealkylation sites (tertiary alicyclic amines) is 1. The molecule has 1 aromatic rings. The van der Waals surface area contributed by atoms with Crippen molar-refractivity contribution in [1.29, 1.82) is 0 Å². The summed E-state index contributed by atoms with van der Waals surface area (Å²) in [6.45, 7) is 14.3. The lowest BCUT2D eigenvalue weighted by Crippen LogP contribution is -2.57. The molecule has 1 saturated carbocycles. The summed E-state index contributed by atoms with van der Waals surface area (Å²) in [5.41, 5.74) is 1.41. The maximum atomic E-state index is 12.5. The van der Waals surface area contributed by atoms with Gasteiger partial charge >= 0.3 is 5.97 Å². The molecule has 3 aliphatic rings. The Morgan fingerprint density at radius 1 is 1.04 bits per heavy atom. The SMILES string of the molecule is COC(=O)[C@@]12CN(CCN3CCN(Cc4ccccc4)CC3)C[C@@H]1C(C)(C)C2. The first-order chi connectivity index (χ1) is 13.4. The predicted octanol–water partition coefficient (Wildman–Crippen LogP) is 2.33. The molecule has 0 aromatic heterocycles. The van der Waals surface area contributed by atoms with Gasteiger partial charge in [0.25, 0.3) is 0 Å². The number of ether oxygens (including phenoxy) is 1. The number of nitrogens with zero attached hydrogens (tertiary/aromatic N) is 3. The minimum Gasteiger partial charge on any atom is -0.469 e. The molecule has 2 saturated heterocycles. The standard InChI is InChI=1S/C23H35N3O2/c1-22(2)17-23(21(27)28-3)18-26(16-20(22)23)14-11-24-9-12-25(13-10-24)15-19-7-5-4-6-8-19/h4-8,20H,9-18H2,1-3H3/t20-,23+/m1/s1. The van der Waals surface area contributed by atoms with Gasteiger partial charge in [-0.3, -0.25) is 14.6 Å². The Morgan fingerprint density at radius 2 is 1.68 bits per heavy atom. The summed E-state index contributed by atoms with van der Waals surface area (Å²) in [4.78, 5) is 20.1. The highest BCUT2D eigenvalue weighted by atomic mass is 16.5. The highest BCUT2D eigenvalue weighted by Crippen LogP contribution is 2.63. The lowest BCUT2D eigenvalue weighted by atomic mass is 9.48. The van der Waals surface area contributed by atoms with Crippen LogP contribution in [0.25, 0.3) is 0 Å². The molecule has 1 aromatic carbocycles. The lowest BCUT2D eigenvalue weighted by Gasteiger charge is -2.54. The van der Waals surface area contributed by atoms with Gasteiger partial charge in [0.1, 0.15) is 0 Å². The quantitative estimate of drug-likeness (QED) is 0.703. The number of esters is 1. The van der Waals surface area contributed by atoms with Crippen LogP contribution in [-0.4, -0.2) is 80.1 Å². The summed E-state index contributed by atoms with van der Waals surface area (Å²) < 4.78 is 5.17. The Kier molecular flexibility index (Phi) is 5.51. The van der Waals surface area contributed by atoms with Crippen molar-refractivity contribution in [3.63, 3.8) is 0 Å². The molecule has 5 heteroatoms. The van der Waals surface area contributed by atoms with Gasteiger partial charge in [0.15, 0.2) is 0 Å². The molecule has 28 heavy (non-hydrogen) atoms. The number of rotatable bonds is 6. The van der Waals surface area contributed by atoms with Gasteiger partial charge in [0.05, 0.1) is 12.5 Å². The number of carbonyl (C=O) groups is 1. The second kappa shape index (κ2) is 7.77. The van der Waals surface area contributed by atoms with Crippen LogP contribution in [0.1, 0.15) is 25.8 Å². The van der Waals surface area contributed by atoms with E-state index in [0.29, 0.717) is 5.92 Å². The maximum Gasteiger partial charge on any atom is 0.313 e. The third-order valence-electron chi connectivity index (χ3n) is 7.37. The molecule has 3 fully saturated rings. The number of piperazine rings is 1. The average molecular weight is 386 g/mol. The molecule has 0 bridgehead atoms. The number of fused-ring (bicyclic) bond motifs is 1. The maximum absolute atomic E-state index is 12.5. The van der Waals surface area contributed by atoms with E-state index < -0.39 is 0 Å². The van der Waals surface area contributed by atoms with Crippen LogP contribution in [0, 0.1) is 16.7 Å². The predicted molar refractivity (Wildman–Crippen MR) is 111 cm³/mol. The number of methoxy groups -OCH3 is 1. The summed E-state index contributed by atoms with van der Waals surface area (Å²) in [5, 5.41) is 0. The molecule has 2 heterocycles. The Labute approximate surface area is 169 Å². The van der Waals surface area contributed by atoms with Crippen LogP contribution in [0.4, 0.5) is 0 Å². The first-order valence-electron chi connectivity index (χ1n) is 10.7. The Morgan fingerprint density at radius 3 is 2.32 bits per heavy atom. The van der Waals surface area contributed by atoms with Crippen molar-refractivity contribution in [1.82, 2.24) is 14.7 Å². The number of benzene rings is 1. The molecule has 0 radical (unpaired) electrons. The van der Waals surface area contributed by atoms with Crippen LogP contribution in [0.2, 0.25) is 0 Å². The van der Waals surface area contributed by atoms with Crippen LogP contribution in [-0.2, 0) is 16.1 Å². The normalized spacial score (nSPS) is 30.6. The van der Waals surface area contributed by atoms with Gasteiger partial charge in [-0.15, -0.1) is 0 Å². The second-order valence-electron chi connectivity index (χ2n) is 9.70. The highest BCUT2D eigenvalue weighted by molar-refractivity contribution is 5.79. The first kappa shape index (κ1) is 19.9. The molecular formula is C23H35N3O2. The van der Waals surface area contributed by atoms with E-state index in [1.54, 1.807) is 0 Å². The smallest absolute Gasteiger partial charge is 0.313 e. The fraction of sp³-hybridized carbons (Fsp3) is 0.696. The van der Waals surface area contributed by atoms with Crippen molar-refractivity contribution in [2.45, 2.75) is 26.8 Å². The molecule has 0 amide bonds. The van der Waals surface area contributed by atoms with E-state index in [0.717, 1.165) is 65.3 Å². The van der Waals surface area contributed by atoms with Gasteiger partial charge in [-0.05, 0) is 23.3 Å². The van der Waals surface area contributed by atoms with Crippen molar-refractivity contribution >= 4 is 5.97 Å². The molecule has 2 aliphatic heterocycles. The summed E-state index contributed by atoms with van der Waals surface area (Å²) >= 11 is 0. The van der Waals surface area contributed by atoms with E-state index in [9.17, 15) is 4.79 Å². The van der Waals surface area contributed by atoms with Gasteiger partial charge in [-0.1, -0.05) is 44.2 Å². The molecule has 2 atom stereocenters. The van der Waals surface area contributed by atoms with Gasteiger partial charge < -0.3 is 9.64 Å². The van der Waals surface area contributed by atoms with Gasteiger partial charge in [-0.2, -0.15) is 0 Å². The number of hydrogen-bond donors (Lipinski definition) is 0. The summed E-state index contributed by atoms with van der Waals surface area (Å²) in [6.07, 6.45) is 0.964. The van der Waals surface area contributed by atoms with Crippen LogP contribution in [0.15, 0.2) is 30.3 Å². The van der Waals surface area contributed by atoms with E-state index >= 15 is 0 Å². The number of carbonyl (C=O) groups excluding carboxylic acids is 1. The molecule has 154 valence electrons. The monoisotopic (exact) mass is 385 g/mol. The summed E-state index contributed by atoms with van der Waals surface area (Å²) in [6, 6.07) is 10.8. The zero-order valence-corrected chi connectivity index (χ0v) is 17.7. The molecule has 5 nitrogen and oxygen atoms in total. The van der Waals surface area contributed by atoms with Crippen LogP contribution < -0.4 is 0 Å². The third kappa shape index (κ3) is 3.72. The van der Waals surface area contributed by atoms with Crippen LogP contribution in [0.5, 0.6) is 0 Å². The second-order valence-corrected chi connectivity index (χ2v) is 9.70. The molecule has 0 spiro atoms. The lowest BCUT2D eigenvalue weighted by molar-refractivity contribution is -0.174. The van der Waals surface area contributed by atoms with Crippen molar-refractivity contribution in [3.8, 4) is 0 Å². The molecule has 0 unspecified atom stereocenters. The van der Waals surface area contributed by atoms with Gasteiger partial charge in [0, 0.05) is 58.9 Å². The van der Waals surface area contributed by atoms with Crippen molar-refractivity contribution in [2.75, 3.05) is 59.5 Å². The van der Waals surface area contributed by atoms with Crippen LogP contribution >= 0.6 is 0 Å². The van der Waals surface area contributed by atoms with Crippen molar-refractivity contribution in [3.05, 3.63) is 35.9 Å². The average Bonchev–Trinajstić information content (AvgIpc) is 3.03. The fourth-order valence-electron chi connectivity index (χ4n) is 5.93. The fourth-order valence-corrected chi connectivity index (χ4v) is 5.93. The molecular weight excluding hydrogens is 350 g/mol.